The van der Waals surface area contributed by atoms with Gasteiger partial charge >= 0.3 is 0 Å². The minimum Gasteiger partial charge on any atom is -0.345 e. The maximum absolute atomic E-state index is 11.5. The lowest BCUT2D eigenvalue weighted by molar-refractivity contribution is -0.147. The largest absolute Gasteiger partial charge is 0.345 e. The molecule has 0 aromatic carbocycles. The minimum absolute atomic E-state index is 0.0152. The monoisotopic (exact) mass is 184 g/mol. The van der Waals surface area contributed by atoms with Gasteiger partial charge < -0.3 is 10.2 Å². The molecule has 4 nitrogen and oxygen atoms in total. The van der Waals surface area contributed by atoms with E-state index < -0.39 is 0 Å². The first kappa shape index (κ1) is 10.0. The Morgan fingerprint density at radius 1 is 1.62 bits per heavy atom. The molecular formula is C9H16N2O2. The zero-order valence-corrected chi connectivity index (χ0v) is 8.33. The molecule has 0 spiro atoms. The third kappa shape index (κ3) is 1.82. The smallest absolute Gasteiger partial charge is 0.242 e. The Bertz CT molecular complexity index is 228. The Morgan fingerprint density at radius 2 is 2.23 bits per heavy atom. The maximum Gasteiger partial charge on any atom is 0.242 e. The van der Waals surface area contributed by atoms with Gasteiger partial charge in [0, 0.05) is 6.04 Å². The molecule has 1 saturated heterocycles. The molecule has 1 aliphatic heterocycles. The second-order valence-electron chi connectivity index (χ2n) is 3.45. The number of carbonyl (C=O) groups excluding carboxylic acids is 2. The molecule has 1 N–H and O–H groups in total. The number of rotatable bonds is 2. The van der Waals surface area contributed by atoms with Crippen molar-refractivity contribution in [2.45, 2.75) is 39.3 Å². The van der Waals surface area contributed by atoms with Gasteiger partial charge in [-0.1, -0.05) is 6.92 Å². The van der Waals surface area contributed by atoms with Gasteiger partial charge in [-0.25, -0.2) is 0 Å². The minimum atomic E-state index is -0.323. The van der Waals surface area contributed by atoms with Crippen molar-refractivity contribution in [2.24, 2.45) is 0 Å². The van der Waals surface area contributed by atoms with Crippen molar-refractivity contribution in [3.63, 3.8) is 0 Å². The first-order valence-electron chi connectivity index (χ1n) is 4.66. The van der Waals surface area contributed by atoms with Crippen LogP contribution in [-0.4, -0.2) is 35.3 Å². The third-order valence-corrected chi connectivity index (χ3v) is 2.56. The predicted molar refractivity (Wildman–Crippen MR) is 49.1 cm³/mol. The highest BCUT2D eigenvalue weighted by molar-refractivity contribution is 5.94. The molecule has 0 bridgehead atoms. The summed E-state index contributed by atoms with van der Waals surface area (Å²) in [5.74, 6) is -0.0404. The first-order valence-corrected chi connectivity index (χ1v) is 4.66. The van der Waals surface area contributed by atoms with Crippen LogP contribution in [0.1, 0.15) is 27.2 Å². The number of nitrogens with one attached hydrogen (secondary N) is 1. The molecule has 2 unspecified atom stereocenters. The molecule has 4 heteroatoms. The quantitative estimate of drug-likeness (QED) is 0.663. The molecule has 1 aliphatic rings. The molecule has 13 heavy (non-hydrogen) atoms. The van der Waals surface area contributed by atoms with Crippen LogP contribution >= 0.6 is 0 Å². The molecule has 1 rings (SSSR count). The summed E-state index contributed by atoms with van der Waals surface area (Å²) in [6.45, 7) is 5.89. The number of amides is 2. The predicted octanol–water partition coefficient (Wildman–Crippen LogP) is 0.132. The summed E-state index contributed by atoms with van der Waals surface area (Å²) in [7, 11) is 0. The molecule has 0 radical (unpaired) electrons. The van der Waals surface area contributed by atoms with E-state index in [-0.39, 0.29) is 30.4 Å². The highest BCUT2D eigenvalue weighted by atomic mass is 16.2. The summed E-state index contributed by atoms with van der Waals surface area (Å²) in [5, 5.41) is 2.56. The zero-order chi connectivity index (χ0) is 10.0. The second kappa shape index (κ2) is 3.77. The van der Waals surface area contributed by atoms with E-state index >= 15 is 0 Å². The average Bonchev–Trinajstić information content (AvgIpc) is 2.12. The number of piperazine rings is 1. The van der Waals surface area contributed by atoms with Crippen LogP contribution in [0.25, 0.3) is 0 Å². The van der Waals surface area contributed by atoms with Gasteiger partial charge in [-0.05, 0) is 20.3 Å². The van der Waals surface area contributed by atoms with Crippen molar-refractivity contribution in [3.05, 3.63) is 0 Å². The topological polar surface area (TPSA) is 49.4 Å². The first-order chi connectivity index (χ1) is 6.07. The standard InChI is InChI=1S/C9H16N2O2/c1-4-6(2)11-7(3)9(13)10-5-8(11)12/h6-7H,4-5H2,1-3H3,(H,10,13). The Morgan fingerprint density at radius 3 is 2.77 bits per heavy atom. The van der Waals surface area contributed by atoms with Gasteiger partial charge in [-0.15, -0.1) is 0 Å². The van der Waals surface area contributed by atoms with Gasteiger partial charge in [0.25, 0.3) is 0 Å². The average molecular weight is 184 g/mol. The van der Waals surface area contributed by atoms with E-state index in [2.05, 4.69) is 5.32 Å². The lowest BCUT2D eigenvalue weighted by Crippen LogP contribution is -2.59. The lowest BCUT2D eigenvalue weighted by atomic mass is 10.1. The van der Waals surface area contributed by atoms with Crippen molar-refractivity contribution < 1.29 is 9.59 Å². The Balaban J connectivity index is 2.77. The Hall–Kier alpha value is -1.06. The SMILES string of the molecule is CCC(C)N1C(=O)CNC(=O)C1C. The maximum atomic E-state index is 11.5. The summed E-state index contributed by atoms with van der Waals surface area (Å²) in [4.78, 5) is 24.4. The molecule has 1 fully saturated rings. The van der Waals surface area contributed by atoms with Crippen molar-refractivity contribution in [1.29, 1.82) is 0 Å². The molecule has 2 amide bonds. The molecule has 0 aromatic rings. The van der Waals surface area contributed by atoms with Gasteiger partial charge in [0.2, 0.25) is 11.8 Å². The summed E-state index contributed by atoms with van der Waals surface area (Å²) in [6, 6.07) is -0.176. The summed E-state index contributed by atoms with van der Waals surface area (Å²) in [6.07, 6.45) is 0.878. The van der Waals surface area contributed by atoms with E-state index in [1.54, 1.807) is 11.8 Å². The molecule has 0 aliphatic carbocycles. The molecule has 2 atom stereocenters. The van der Waals surface area contributed by atoms with Crippen LogP contribution in [0.5, 0.6) is 0 Å². The van der Waals surface area contributed by atoms with Gasteiger partial charge in [0.15, 0.2) is 0 Å². The van der Waals surface area contributed by atoms with Gasteiger partial charge in [-0.2, -0.15) is 0 Å². The van der Waals surface area contributed by atoms with E-state index in [9.17, 15) is 9.59 Å². The van der Waals surface area contributed by atoms with Crippen LogP contribution in [0, 0.1) is 0 Å². The van der Waals surface area contributed by atoms with Crippen LogP contribution in [0.4, 0.5) is 0 Å². The second-order valence-corrected chi connectivity index (χ2v) is 3.45. The van der Waals surface area contributed by atoms with Gasteiger partial charge in [0.1, 0.15) is 6.04 Å². The van der Waals surface area contributed by atoms with Crippen molar-refractivity contribution in [2.75, 3.05) is 6.54 Å². The Labute approximate surface area is 78.3 Å². The van der Waals surface area contributed by atoms with Crippen LogP contribution in [0.3, 0.4) is 0 Å². The van der Waals surface area contributed by atoms with Crippen LogP contribution in [-0.2, 0) is 9.59 Å². The van der Waals surface area contributed by atoms with Crippen LogP contribution < -0.4 is 5.32 Å². The molecule has 0 saturated carbocycles. The van der Waals surface area contributed by atoms with Crippen LogP contribution in [0.15, 0.2) is 0 Å². The van der Waals surface area contributed by atoms with E-state index in [1.165, 1.54) is 0 Å². The number of hydrogen-bond acceptors (Lipinski definition) is 2. The highest BCUT2D eigenvalue weighted by Gasteiger charge is 2.33. The lowest BCUT2D eigenvalue weighted by Gasteiger charge is -2.36. The zero-order valence-electron chi connectivity index (χ0n) is 8.33. The van der Waals surface area contributed by atoms with Crippen molar-refractivity contribution in [1.82, 2.24) is 10.2 Å². The third-order valence-electron chi connectivity index (χ3n) is 2.56. The molecule has 74 valence electrons. The van der Waals surface area contributed by atoms with E-state index in [0.717, 1.165) is 6.42 Å². The van der Waals surface area contributed by atoms with Gasteiger partial charge in [0.05, 0.1) is 6.54 Å². The molecule has 1 heterocycles. The summed E-state index contributed by atoms with van der Waals surface area (Å²) >= 11 is 0. The summed E-state index contributed by atoms with van der Waals surface area (Å²) in [5.41, 5.74) is 0. The fourth-order valence-corrected chi connectivity index (χ4v) is 1.57. The summed E-state index contributed by atoms with van der Waals surface area (Å²) < 4.78 is 0. The Kier molecular flexibility index (Phi) is 2.90. The fraction of sp³-hybridized carbons (Fsp3) is 0.778. The number of nitrogens with zero attached hydrogens (tertiary/aromatic N) is 1. The van der Waals surface area contributed by atoms with Gasteiger partial charge in [-0.3, -0.25) is 9.59 Å². The number of hydrogen-bond donors (Lipinski definition) is 1. The fourth-order valence-electron chi connectivity index (χ4n) is 1.57. The van der Waals surface area contributed by atoms with E-state index in [1.807, 2.05) is 13.8 Å². The molecular weight excluding hydrogens is 168 g/mol. The van der Waals surface area contributed by atoms with Crippen molar-refractivity contribution >= 4 is 11.8 Å². The van der Waals surface area contributed by atoms with E-state index in [4.69, 9.17) is 0 Å². The van der Waals surface area contributed by atoms with Crippen molar-refractivity contribution in [3.8, 4) is 0 Å². The highest BCUT2D eigenvalue weighted by Crippen LogP contribution is 2.12. The molecule has 0 aromatic heterocycles. The van der Waals surface area contributed by atoms with Crippen LogP contribution in [0.2, 0.25) is 0 Å². The van der Waals surface area contributed by atoms with E-state index in [0.29, 0.717) is 0 Å². The normalized spacial score (nSPS) is 25.8. The number of carbonyl (C=O) groups is 2.